The van der Waals surface area contributed by atoms with Crippen LogP contribution in [0.4, 0.5) is 13.2 Å². The molecule has 8 heteroatoms. The SMILES string of the molecule is O=S(=O)(c1ccc(C(F)(F)F)cc1)N1CCC(CO)C1. The van der Waals surface area contributed by atoms with E-state index < -0.39 is 21.8 Å². The van der Waals surface area contributed by atoms with E-state index in [0.717, 1.165) is 24.3 Å². The fraction of sp³-hybridized carbons (Fsp3) is 0.500. The maximum atomic E-state index is 12.4. The number of rotatable bonds is 3. The Morgan fingerprint density at radius 1 is 1.25 bits per heavy atom. The number of hydrogen-bond donors (Lipinski definition) is 1. The highest BCUT2D eigenvalue weighted by Gasteiger charge is 2.34. The van der Waals surface area contributed by atoms with Crippen molar-refractivity contribution in [2.45, 2.75) is 17.5 Å². The highest BCUT2D eigenvalue weighted by molar-refractivity contribution is 7.89. The molecule has 0 aromatic heterocycles. The second kappa shape index (κ2) is 5.34. The molecule has 0 amide bonds. The Balaban J connectivity index is 2.23. The molecule has 0 saturated carbocycles. The van der Waals surface area contributed by atoms with Crippen molar-refractivity contribution in [3.63, 3.8) is 0 Å². The molecule has 1 aliphatic rings. The first-order valence-electron chi connectivity index (χ1n) is 6.03. The summed E-state index contributed by atoms with van der Waals surface area (Å²) in [6.07, 6.45) is -3.94. The van der Waals surface area contributed by atoms with Crippen LogP contribution in [-0.2, 0) is 16.2 Å². The van der Waals surface area contributed by atoms with Gasteiger partial charge in [0.15, 0.2) is 0 Å². The van der Waals surface area contributed by atoms with Gasteiger partial charge in [-0.15, -0.1) is 0 Å². The number of alkyl halides is 3. The monoisotopic (exact) mass is 309 g/mol. The molecule has 1 unspecified atom stereocenters. The van der Waals surface area contributed by atoms with Crippen LogP contribution < -0.4 is 0 Å². The topological polar surface area (TPSA) is 57.6 Å². The number of halogens is 3. The van der Waals surface area contributed by atoms with Crippen molar-refractivity contribution >= 4 is 10.0 Å². The van der Waals surface area contributed by atoms with E-state index in [0.29, 0.717) is 6.42 Å². The number of hydrogen-bond acceptors (Lipinski definition) is 3. The van der Waals surface area contributed by atoms with Gasteiger partial charge in [-0.05, 0) is 36.6 Å². The van der Waals surface area contributed by atoms with E-state index in [4.69, 9.17) is 5.11 Å². The van der Waals surface area contributed by atoms with E-state index in [1.807, 2.05) is 0 Å². The number of aliphatic hydroxyl groups is 1. The largest absolute Gasteiger partial charge is 0.416 e. The minimum atomic E-state index is -4.49. The maximum Gasteiger partial charge on any atom is 0.416 e. The summed E-state index contributed by atoms with van der Waals surface area (Å²) >= 11 is 0. The minimum Gasteiger partial charge on any atom is -0.396 e. The standard InChI is InChI=1S/C12H14F3NO3S/c13-12(14,15)10-1-3-11(4-2-10)20(18,19)16-6-5-9(7-16)8-17/h1-4,9,17H,5-8H2. The zero-order chi connectivity index (χ0) is 15.0. The number of aliphatic hydroxyl groups excluding tert-OH is 1. The summed E-state index contributed by atoms with van der Waals surface area (Å²) in [7, 11) is -3.79. The molecule has 1 heterocycles. The van der Waals surface area contributed by atoms with E-state index in [9.17, 15) is 21.6 Å². The van der Waals surface area contributed by atoms with Gasteiger partial charge in [0.1, 0.15) is 0 Å². The van der Waals surface area contributed by atoms with Crippen molar-refractivity contribution in [3.8, 4) is 0 Å². The Hall–Kier alpha value is -1.12. The third kappa shape index (κ3) is 2.97. The van der Waals surface area contributed by atoms with Gasteiger partial charge in [0, 0.05) is 19.7 Å². The Kier molecular flexibility index (Phi) is 4.08. The lowest BCUT2D eigenvalue weighted by molar-refractivity contribution is -0.137. The lowest BCUT2D eigenvalue weighted by Crippen LogP contribution is -2.29. The summed E-state index contributed by atoms with van der Waals surface area (Å²) < 4.78 is 62.9. The molecule has 2 rings (SSSR count). The first-order valence-corrected chi connectivity index (χ1v) is 7.47. The molecule has 1 aromatic rings. The summed E-state index contributed by atoms with van der Waals surface area (Å²) in [5.74, 6) is -0.112. The highest BCUT2D eigenvalue weighted by atomic mass is 32.2. The van der Waals surface area contributed by atoms with E-state index in [1.54, 1.807) is 0 Å². The summed E-state index contributed by atoms with van der Waals surface area (Å²) in [6.45, 7) is 0.369. The fourth-order valence-corrected chi connectivity index (χ4v) is 3.66. The second-order valence-corrected chi connectivity index (χ2v) is 6.66. The van der Waals surface area contributed by atoms with Crippen molar-refractivity contribution in [1.82, 2.24) is 4.31 Å². The smallest absolute Gasteiger partial charge is 0.396 e. The summed E-state index contributed by atoms with van der Waals surface area (Å²) in [5.41, 5.74) is -0.883. The van der Waals surface area contributed by atoms with Crippen molar-refractivity contribution in [1.29, 1.82) is 0 Å². The molecular weight excluding hydrogens is 295 g/mol. The summed E-state index contributed by atoms with van der Waals surface area (Å²) in [4.78, 5) is -0.163. The predicted molar refractivity (Wildman–Crippen MR) is 65.4 cm³/mol. The lowest BCUT2D eigenvalue weighted by atomic mass is 10.1. The first kappa shape index (κ1) is 15.3. The van der Waals surface area contributed by atoms with E-state index in [2.05, 4.69) is 0 Å². The Morgan fingerprint density at radius 3 is 2.30 bits per heavy atom. The molecule has 0 aliphatic carbocycles. The number of nitrogens with zero attached hydrogens (tertiary/aromatic N) is 1. The van der Waals surface area contributed by atoms with Gasteiger partial charge < -0.3 is 5.11 Å². The zero-order valence-corrected chi connectivity index (χ0v) is 11.3. The van der Waals surface area contributed by atoms with Crippen LogP contribution in [0.25, 0.3) is 0 Å². The molecule has 0 bridgehead atoms. The van der Waals surface area contributed by atoms with Crippen LogP contribution in [0.15, 0.2) is 29.2 Å². The minimum absolute atomic E-state index is 0.0982. The fourth-order valence-electron chi connectivity index (χ4n) is 2.13. The molecular formula is C12H14F3NO3S. The molecule has 0 spiro atoms. The molecule has 0 radical (unpaired) electrons. The van der Waals surface area contributed by atoms with Gasteiger partial charge in [0.2, 0.25) is 10.0 Å². The van der Waals surface area contributed by atoms with Crippen LogP contribution in [0.5, 0.6) is 0 Å². The molecule has 1 saturated heterocycles. The zero-order valence-electron chi connectivity index (χ0n) is 10.5. The van der Waals surface area contributed by atoms with Gasteiger partial charge in [-0.3, -0.25) is 0 Å². The highest BCUT2D eigenvalue weighted by Crippen LogP contribution is 2.31. The van der Waals surface area contributed by atoms with Gasteiger partial charge in [-0.2, -0.15) is 17.5 Å². The lowest BCUT2D eigenvalue weighted by Gasteiger charge is -2.16. The van der Waals surface area contributed by atoms with Crippen molar-refractivity contribution in [2.24, 2.45) is 5.92 Å². The molecule has 1 aromatic carbocycles. The normalized spacial score (nSPS) is 21.3. The molecule has 1 atom stereocenters. The number of benzene rings is 1. The quantitative estimate of drug-likeness (QED) is 0.925. The average Bonchev–Trinajstić information content (AvgIpc) is 2.87. The molecule has 1 N–H and O–H groups in total. The number of sulfonamides is 1. The van der Waals surface area contributed by atoms with Crippen LogP contribution in [0.2, 0.25) is 0 Å². The third-order valence-electron chi connectivity index (χ3n) is 3.33. The van der Waals surface area contributed by atoms with Gasteiger partial charge >= 0.3 is 6.18 Å². The van der Waals surface area contributed by atoms with Gasteiger partial charge in [-0.25, -0.2) is 8.42 Å². The molecule has 1 aliphatic heterocycles. The Morgan fingerprint density at radius 2 is 1.85 bits per heavy atom. The van der Waals surface area contributed by atoms with Crippen molar-refractivity contribution < 1.29 is 26.7 Å². The maximum absolute atomic E-state index is 12.4. The molecule has 1 fully saturated rings. The summed E-state index contributed by atoms with van der Waals surface area (Å²) in [5, 5.41) is 9.00. The first-order chi connectivity index (χ1) is 9.25. The van der Waals surface area contributed by atoms with Gasteiger partial charge in [0.25, 0.3) is 0 Å². The average molecular weight is 309 g/mol. The Labute approximate surface area is 114 Å². The van der Waals surface area contributed by atoms with Crippen LogP contribution in [0.1, 0.15) is 12.0 Å². The van der Waals surface area contributed by atoms with Crippen molar-refractivity contribution in [3.05, 3.63) is 29.8 Å². The van der Waals surface area contributed by atoms with E-state index in [1.165, 1.54) is 4.31 Å². The third-order valence-corrected chi connectivity index (χ3v) is 5.21. The van der Waals surface area contributed by atoms with Crippen LogP contribution in [-0.4, -0.2) is 37.5 Å². The van der Waals surface area contributed by atoms with E-state index >= 15 is 0 Å². The molecule has 20 heavy (non-hydrogen) atoms. The molecule has 112 valence electrons. The van der Waals surface area contributed by atoms with Gasteiger partial charge in [0.05, 0.1) is 10.5 Å². The van der Waals surface area contributed by atoms with Crippen LogP contribution >= 0.6 is 0 Å². The van der Waals surface area contributed by atoms with Gasteiger partial charge in [-0.1, -0.05) is 0 Å². The molecule has 4 nitrogen and oxygen atoms in total. The Bertz CT molecular complexity index is 569. The van der Waals surface area contributed by atoms with E-state index in [-0.39, 0.29) is 30.5 Å². The second-order valence-electron chi connectivity index (χ2n) is 4.72. The van der Waals surface area contributed by atoms with Crippen molar-refractivity contribution in [2.75, 3.05) is 19.7 Å². The predicted octanol–water partition coefficient (Wildman–Crippen LogP) is 1.71. The summed E-state index contributed by atoms with van der Waals surface area (Å²) in [6, 6.07) is 3.44. The van der Waals surface area contributed by atoms with Crippen LogP contribution in [0, 0.1) is 5.92 Å². The van der Waals surface area contributed by atoms with Crippen LogP contribution in [0.3, 0.4) is 0 Å².